The lowest BCUT2D eigenvalue weighted by atomic mass is 9.99. The number of ether oxygens (including phenoxy) is 1. The monoisotopic (exact) mass is 448 g/mol. The van der Waals surface area contributed by atoms with Gasteiger partial charge in [-0.15, -0.1) is 10.2 Å². The number of aromatic amines is 1. The molecule has 1 amide bonds. The first kappa shape index (κ1) is 20.0. The van der Waals surface area contributed by atoms with Crippen molar-refractivity contribution in [2.24, 2.45) is 0 Å². The molecule has 3 aromatic heterocycles. The molecule has 0 unspecified atom stereocenters. The Morgan fingerprint density at radius 2 is 2.03 bits per heavy atom. The van der Waals surface area contributed by atoms with Crippen LogP contribution in [0.1, 0.15) is 46.1 Å². The lowest BCUT2D eigenvalue weighted by Crippen LogP contribution is -2.30. The van der Waals surface area contributed by atoms with Crippen LogP contribution >= 0.6 is 0 Å². The van der Waals surface area contributed by atoms with E-state index in [0.29, 0.717) is 60.0 Å². The first-order valence-electron chi connectivity index (χ1n) is 11.0. The lowest BCUT2D eigenvalue weighted by molar-refractivity contribution is 0.0834. The van der Waals surface area contributed by atoms with E-state index in [9.17, 15) is 14.0 Å². The van der Waals surface area contributed by atoms with Crippen LogP contribution in [0.25, 0.3) is 16.7 Å². The zero-order chi connectivity index (χ0) is 22.7. The number of rotatable bonds is 2. The van der Waals surface area contributed by atoms with Gasteiger partial charge in [0.05, 0.1) is 17.2 Å². The standard InChI is InChI=1S/C23H21FN6O3/c1-12-8-17-18(10-16(12)23(32)29-5-2-14-9-15(24)11-25-19(14)29)30-20(13-3-6-33-7-4-13)27-28-21(30)22(31)26-17/h8-11,13H,2-7H2,1H3,(H,26,31). The molecule has 0 radical (unpaired) electrons. The maximum absolute atomic E-state index is 13.6. The molecule has 5 heterocycles. The molecular formula is C23H21FN6O3. The number of hydrogen-bond acceptors (Lipinski definition) is 6. The molecule has 0 aliphatic carbocycles. The summed E-state index contributed by atoms with van der Waals surface area (Å²) in [5.41, 5.74) is 3.07. The maximum Gasteiger partial charge on any atom is 0.294 e. The SMILES string of the molecule is Cc1cc2[nH]c(=O)c3nnc(C4CCOCC4)n3c2cc1C(=O)N1CCc2cc(F)cnc21. The van der Waals surface area contributed by atoms with Crippen LogP contribution in [0.2, 0.25) is 0 Å². The molecule has 0 bridgehead atoms. The van der Waals surface area contributed by atoms with E-state index in [2.05, 4.69) is 20.2 Å². The van der Waals surface area contributed by atoms with Gasteiger partial charge >= 0.3 is 0 Å². The first-order chi connectivity index (χ1) is 16.0. The number of nitrogens with zero attached hydrogens (tertiary/aromatic N) is 5. The van der Waals surface area contributed by atoms with Crippen molar-refractivity contribution in [1.29, 1.82) is 0 Å². The predicted molar refractivity (Wildman–Crippen MR) is 118 cm³/mol. The van der Waals surface area contributed by atoms with Gasteiger partial charge in [0.1, 0.15) is 17.5 Å². The Morgan fingerprint density at radius 1 is 1.21 bits per heavy atom. The Hall–Kier alpha value is -3.66. The molecule has 0 saturated carbocycles. The lowest BCUT2D eigenvalue weighted by Gasteiger charge is -2.21. The average Bonchev–Trinajstić information content (AvgIpc) is 3.44. The highest BCUT2D eigenvalue weighted by molar-refractivity contribution is 6.09. The van der Waals surface area contributed by atoms with Crippen molar-refractivity contribution in [2.45, 2.75) is 32.1 Å². The second-order valence-corrected chi connectivity index (χ2v) is 8.59. The summed E-state index contributed by atoms with van der Waals surface area (Å²) in [5.74, 6) is 0.676. The minimum Gasteiger partial charge on any atom is -0.381 e. The van der Waals surface area contributed by atoms with E-state index in [1.54, 1.807) is 21.4 Å². The summed E-state index contributed by atoms with van der Waals surface area (Å²) in [6, 6.07) is 5.00. The predicted octanol–water partition coefficient (Wildman–Crippen LogP) is 2.51. The normalized spacial score (nSPS) is 16.6. The fourth-order valence-electron chi connectivity index (χ4n) is 4.87. The molecule has 1 saturated heterocycles. The third kappa shape index (κ3) is 3.12. The van der Waals surface area contributed by atoms with Crippen LogP contribution in [-0.4, -0.2) is 50.2 Å². The van der Waals surface area contributed by atoms with E-state index in [0.717, 1.165) is 24.6 Å². The van der Waals surface area contributed by atoms with E-state index in [1.807, 2.05) is 6.92 Å². The fourth-order valence-corrected chi connectivity index (χ4v) is 4.87. The molecule has 1 N–H and O–H groups in total. The summed E-state index contributed by atoms with van der Waals surface area (Å²) in [7, 11) is 0. The van der Waals surface area contributed by atoms with E-state index in [-0.39, 0.29) is 23.0 Å². The van der Waals surface area contributed by atoms with Crippen LogP contribution in [0, 0.1) is 12.7 Å². The van der Waals surface area contributed by atoms with Gasteiger partial charge in [0.2, 0.25) is 5.65 Å². The fraction of sp³-hybridized carbons (Fsp3) is 0.348. The number of nitrogens with one attached hydrogen (secondary N) is 1. The van der Waals surface area contributed by atoms with Gasteiger partial charge in [-0.2, -0.15) is 0 Å². The molecule has 4 aromatic rings. The van der Waals surface area contributed by atoms with Crippen molar-refractivity contribution < 1.29 is 13.9 Å². The molecule has 2 aliphatic heterocycles. The van der Waals surface area contributed by atoms with Crippen LogP contribution in [0.15, 0.2) is 29.2 Å². The van der Waals surface area contributed by atoms with E-state index < -0.39 is 5.82 Å². The zero-order valence-electron chi connectivity index (χ0n) is 18.0. The smallest absolute Gasteiger partial charge is 0.294 e. The highest BCUT2D eigenvalue weighted by Crippen LogP contribution is 2.31. The van der Waals surface area contributed by atoms with Gasteiger partial charge in [0, 0.05) is 31.2 Å². The molecular weight excluding hydrogens is 427 g/mol. The van der Waals surface area contributed by atoms with Gasteiger partial charge in [-0.25, -0.2) is 9.37 Å². The first-order valence-corrected chi connectivity index (χ1v) is 11.0. The third-order valence-corrected chi connectivity index (χ3v) is 6.55. The van der Waals surface area contributed by atoms with Crippen LogP contribution in [0.3, 0.4) is 0 Å². The summed E-state index contributed by atoms with van der Waals surface area (Å²) in [5, 5.41) is 8.48. The topological polar surface area (TPSA) is 105 Å². The molecule has 1 aromatic carbocycles. The number of pyridine rings is 1. The van der Waals surface area contributed by atoms with Crippen molar-refractivity contribution in [3.63, 3.8) is 0 Å². The van der Waals surface area contributed by atoms with Crippen LogP contribution in [0.4, 0.5) is 10.2 Å². The molecule has 33 heavy (non-hydrogen) atoms. The van der Waals surface area contributed by atoms with E-state index in [4.69, 9.17) is 4.74 Å². The average molecular weight is 448 g/mol. The zero-order valence-corrected chi connectivity index (χ0v) is 18.0. The maximum atomic E-state index is 13.6. The summed E-state index contributed by atoms with van der Waals surface area (Å²) in [4.78, 5) is 34.8. The van der Waals surface area contributed by atoms with Crippen LogP contribution in [-0.2, 0) is 11.2 Å². The van der Waals surface area contributed by atoms with Gasteiger partial charge in [0.25, 0.3) is 11.5 Å². The number of halogens is 1. The van der Waals surface area contributed by atoms with Gasteiger partial charge in [-0.05, 0) is 55.5 Å². The summed E-state index contributed by atoms with van der Waals surface area (Å²) < 4.78 is 20.8. The summed E-state index contributed by atoms with van der Waals surface area (Å²) in [6.07, 6.45) is 3.26. The Labute approximate surface area is 187 Å². The second kappa shape index (κ2) is 7.45. The number of amides is 1. The summed E-state index contributed by atoms with van der Waals surface area (Å²) in [6.45, 7) is 3.52. The quantitative estimate of drug-likeness (QED) is 0.505. The van der Waals surface area contributed by atoms with Crippen molar-refractivity contribution in [2.75, 3.05) is 24.7 Å². The number of aromatic nitrogens is 5. The number of aryl methyl sites for hydroxylation is 1. The minimum atomic E-state index is -0.412. The van der Waals surface area contributed by atoms with Gasteiger partial charge in [-0.1, -0.05) is 0 Å². The number of carbonyl (C=O) groups is 1. The van der Waals surface area contributed by atoms with Crippen LogP contribution < -0.4 is 10.5 Å². The number of benzene rings is 1. The Bertz CT molecular complexity index is 1490. The Morgan fingerprint density at radius 3 is 2.85 bits per heavy atom. The number of anilines is 1. The molecule has 0 spiro atoms. The molecule has 10 heteroatoms. The second-order valence-electron chi connectivity index (χ2n) is 8.59. The largest absolute Gasteiger partial charge is 0.381 e. The van der Waals surface area contributed by atoms with E-state index in [1.165, 1.54) is 6.07 Å². The van der Waals surface area contributed by atoms with Crippen molar-refractivity contribution in [3.8, 4) is 0 Å². The van der Waals surface area contributed by atoms with Gasteiger partial charge < -0.3 is 9.72 Å². The van der Waals surface area contributed by atoms with Crippen molar-refractivity contribution in [3.05, 3.63) is 63.1 Å². The van der Waals surface area contributed by atoms with Crippen molar-refractivity contribution in [1.82, 2.24) is 24.6 Å². The minimum absolute atomic E-state index is 0.115. The molecule has 9 nitrogen and oxygen atoms in total. The van der Waals surface area contributed by atoms with Crippen LogP contribution in [0.5, 0.6) is 0 Å². The summed E-state index contributed by atoms with van der Waals surface area (Å²) >= 11 is 0. The number of hydrogen-bond donors (Lipinski definition) is 1. The highest BCUT2D eigenvalue weighted by atomic mass is 19.1. The number of H-pyrrole nitrogens is 1. The molecule has 1 fully saturated rings. The van der Waals surface area contributed by atoms with Gasteiger partial charge in [0.15, 0.2) is 0 Å². The van der Waals surface area contributed by atoms with Crippen molar-refractivity contribution >= 4 is 28.4 Å². The Kier molecular flexibility index (Phi) is 4.51. The number of fused-ring (bicyclic) bond motifs is 4. The molecule has 2 aliphatic rings. The molecule has 0 atom stereocenters. The Balaban J connectivity index is 1.51. The van der Waals surface area contributed by atoms with Gasteiger partial charge in [-0.3, -0.25) is 18.9 Å². The van der Waals surface area contributed by atoms with E-state index >= 15 is 0 Å². The molecule has 168 valence electrons. The highest BCUT2D eigenvalue weighted by Gasteiger charge is 2.29. The molecule has 6 rings (SSSR count). The number of carbonyl (C=O) groups excluding carboxylic acids is 1. The third-order valence-electron chi connectivity index (χ3n) is 6.55.